The van der Waals surface area contributed by atoms with Gasteiger partial charge in [0.05, 0.1) is 13.2 Å². The summed E-state index contributed by atoms with van der Waals surface area (Å²) >= 11 is 6.13. The molecule has 1 aromatic rings. The summed E-state index contributed by atoms with van der Waals surface area (Å²) in [5.41, 5.74) is 2.62. The number of ether oxygens (including phenoxy) is 1. The summed E-state index contributed by atoms with van der Waals surface area (Å²) in [5.74, 6) is 0. The Labute approximate surface area is 120 Å². The van der Waals surface area contributed by atoms with E-state index in [1.54, 1.807) is 0 Å². The van der Waals surface area contributed by atoms with Crippen LogP contribution in [0.1, 0.15) is 26.3 Å². The van der Waals surface area contributed by atoms with Gasteiger partial charge in [-0.1, -0.05) is 11.6 Å². The van der Waals surface area contributed by atoms with E-state index in [2.05, 4.69) is 43.1 Å². The van der Waals surface area contributed by atoms with Crippen molar-refractivity contribution < 1.29 is 4.74 Å². The molecule has 0 radical (unpaired) electrons. The van der Waals surface area contributed by atoms with Gasteiger partial charge in [-0.05, 0) is 44.5 Å². The van der Waals surface area contributed by atoms with Crippen molar-refractivity contribution in [3.63, 3.8) is 0 Å². The lowest BCUT2D eigenvalue weighted by Gasteiger charge is -2.31. The molecule has 106 valence electrons. The van der Waals surface area contributed by atoms with Gasteiger partial charge in [-0.2, -0.15) is 0 Å². The number of nitrogens with one attached hydrogen (secondary N) is 1. The van der Waals surface area contributed by atoms with Crippen LogP contribution in [-0.4, -0.2) is 31.8 Å². The molecule has 0 aromatic heterocycles. The van der Waals surface area contributed by atoms with Gasteiger partial charge in [-0.15, -0.1) is 0 Å². The highest BCUT2D eigenvalue weighted by Gasteiger charge is 2.16. The second-order valence-electron chi connectivity index (χ2n) is 5.98. The fourth-order valence-electron chi connectivity index (χ4n) is 2.17. The zero-order valence-electron chi connectivity index (χ0n) is 12.0. The van der Waals surface area contributed by atoms with Gasteiger partial charge >= 0.3 is 0 Å². The van der Waals surface area contributed by atoms with Crippen molar-refractivity contribution in [1.29, 1.82) is 0 Å². The Hall–Kier alpha value is -0.770. The Morgan fingerprint density at radius 1 is 1.26 bits per heavy atom. The normalized spacial score (nSPS) is 16.7. The predicted octanol–water partition coefficient (Wildman–Crippen LogP) is 3.06. The number of hydrogen-bond donors (Lipinski definition) is 1. The van der Waals surface area contributed by atoms with Crippen molar-refractivity contribution in [1.82, 2.24) is 5.32 Å². The molecule has 1 aromatic carbocycles. The number of hydrogen-bond acceptors (Lipinski definition) is 3. The van der Waals surface area contributed by atoms with E-state index in [0.717, 1.165) is 37.9 Å². The Morgan fingerprint density at radius 3 is 2.58 bits per heavy atom. The van der Waals surface area contributed by atoms with Gasteiger partial charge in [0.25, 0.3) is 0 Å². The molecular weight excluding hydrogens is 260 g/mol. The first-order valence-corrected chi connectivity index (χ1v) is 7.20. The van der Waals surface area contributed by atoms with E-state index >= 15 is 0 Å². The summed E-state index contributed by atoms with van der Waals surface area (Å²) in [6.45, 7) is 10.8. The molecule has 3 nitrogen and oxygen atoms in total. The Bertz CT molecular complexity index is 423. The van der Waals surface area contributed by atoms with Gasteiger partial charge in [-0.25, -0.2) is 0 Å². The molecule has 0 saturated carbocycles. The number of halogens is 1. The minimum absolute atomic E-state index is 0.102. The lowest BCUT2D eigenvalue weighted by atomic mass is 10.1. The van der Waals surface area contributed by atoms with E-state index in [9.17, 15) is 0 Å². The number of rotatable bonds is 3. The molecule has 2 rings (SSSR count). The van der Waals surface area contributed by atoms with Gasteiger partial charge < -0.3 is 15.0 Å². The number of anilines is 1. The fraction of sp³-hybridized carbons (Fsp3) is 0.600. The average molecular weight is 283 g/mol. The van der Waals surface area contributed by atoms with Crippen LogP contribution in [0.2, 0.25) is 5.02 Å². The van der Waals surface area contributed by atoms with Crippen LogP contribution in [0, 0.1) is 0 Å². The summed E-state index contributed by atoms with van der Waals surface area (Å²) < 4.78 is 5.42. The third-order valence-corrected chi connectivity index (χ3v) is 3.44. The minimum Gasteiger partial charge on any atom is -0.378 e. The van der Waals surface area contributed by atoms with Crippen molar-refractivity contribution in [2.75, 3.05) is 31.2 Å². The molecule has 1 heterocycles. The first-order valence-electron chi connectivity index (χ1n) is 6.82. The van der Waals surface area contributed by atoms with Crippen LogP contribution in [0.15, 0.2) is 18.2 Å². The summed E-state index contributed by atoms with van der Waals surface area (Å²) in [4.78, 5) is 2.37. The summed E-state index contributed by atoms with van der Waals surface area (Å²) in [6, 6.07) is 6.14. The second kappa shape index (κ2) is 6.12. The summed E-state index contributed by atoms with van der Waals surface area (Å²) in [5, 5.41) is 4.32. The van der Waals surface area contributed by atoms with Crippen LogP contribution in [0.25, 0.3) is 0 Å². The largest absolute Gasteiger partial charge is 0.378 e. The smallest absolute Gasteiger partial charge is 0.0642 e. The van der Waals surface area contributed by atoms with Gasteiger partial charge in [0.15, 0.2) is 0 Å². The third-order valence-electron chi connectivity index (χ3n) is 3.20. The minimum atomic E-state index is 0.102. The van der Waals surface area contributed by atoms with E-state index in [0.29, 0.717) is 0 Å². The molecular formula is C15H23ClN2O. The van der Waals surface area contributed by atoms with Crippen molar-refractivity contribution >= 4 is 17.3 Å². The van der Waals surface area contributed by atoms with Crippen LogP contribution >= 0.6 is 11.6 Å². The van der Waals surface area contributed by atoms with Crippen LogP contribution in [0.4, 0.5) is 5.69 Å². The topological polar surface area (TPSA) is 24.5 Å². The zero-order valence-corrected chi connectivity index (χ0v) is 12.8. The first kappa shape index (κ1) is 14.6. The standard InChI is InChI=1S/C15H23ClN2O/c1-15(2,3)17-11-12-10-13(16)4-5-14(12)18-6-8-19-9-7-18/h4-5,10,17H,6-9,11H2,1-3H3. The molecule has 1 N–H and O–H groups in total. The van der Waals surface area contributed by atoms with Crippen molar-refractivity contribution in [2.24, 2.45) is 0 Å². The molecule has 0 spiro atoms. The molecule has 0 amide bonds. The SMILES string of the molecule is CC(C)(C)NCc1cc(Cl)ccc1N1CCOCC1. The van der Waals surface area contributed by atoms with Crippen molar-refractivity contribution in [2.45, 2.75) is 32.9 Å². The molecule has 1 saturated heterocycles. The number of morpholine rings is 1. The Kier molecular flexibility index (Phi) is 4.71. The molecule has 4 heteroatoms. The average Bonchev–Trinajstić information content (AvgIpc) is 2.37. The van der Waals surface area contributed by atoms with Crippen molar-refractivity contribution in [3.05, 3.63) is 28.8 Å². The van der Waals surface area contributed by atoms with Gasteiger partial charge in [-0.3, -0.25) is 0 Å². The summed E-state index contributed by atoms with van der Waals surface area (Å²) in [7, 11) is 0. The van der Waals surface area contributed by atoms with Gasteiger partial charge in [0.2, 0.25) is 0 Å². The van der Waals surface area contributed by atoms with Gasteiger partial charge in [0, 0.05) is 35.9 Å². The maximum Gasteiger partial charge on any atom is 0.0642 e. The highest BCUT2D eigenvalue weighted by molar-refractivity contribution is 6.30. The zero-order chi connectivity index (χ0) is 13.9. The molecule has 19 heavy (non-hydrogen) atoms. The first-order chi connectivity index (χ1) is 8.96. The molecule has 1 fully saturated rings. The van der Waals surface area contributed by atoms with E-state index in [4.69, 9.17) is 16.3 Å². The van der Waals surface area contributed by atoms with E-state index in [-0.39, 0.29) is 5.54 Å². The Morgan fingerprint density at radius 2 is 1.95 bits per heavy atom. The monoisotopic (exact) mass is 282 g/mol. The fourth-order valence-corrected chi connectivity index (χ4v) is 2.36. The van der Waals surface area contributed by atoms with Crippen LogP contribution in [0.5, 0.6) is 0 Å². The lowest BCUT2D eigenvalue weighted by Crippen LogP contribution is -2.38. The third kappa shape index (κ3) is 4.37. The quantitative estimate of drug-likeness (QED) is 0.922. The predicted molar refractivity (Wildman–Crippen MR) is 81.1 cm³/mol. The molecule has 0 aliphatic carbocycles. The lowest BCUT2D eigenvalue weighted by molar-refractivity contribution is 0.122. The highest BCUT2D eigenvalue weighted by Crippen LogP contribution is 2.25. The molecule has 0 unspecified atom stereocenters. The van der Waals surface area contributed by atoms with Gasteiger partial charge in [0.1, 0.15) is 0 Å². The van der Waals surface area contributed by atoms with Crippen LogP contribution in [-0.2, 0) is 11.3 Å². The maximum atomic E-state index is 6.13. The molecule has 0 bridgehead atoms. The van der Waals surface area contributed by atoms with E-state index < -0.39 is 0 Å². The van der Waals surface area contributed by atoms with E-state index in [1.165, 1.54) is 11.3 Å². The molecule has 1 aliphatic heterocycles. The van der Waals surface area contributed by atoms with Crippen molar-refractivity contribution in [3.8, 4) is 0 Å². The van der Waals surface area contributed by atoms with Crippen LogP contribution in [0.3, 0.4) is 0 Å². The van der Waals surface area contributed by atoms with E-state index in [1.807, 2.05) is 6.07 Å². The molecule has 1 aliphatic rings. The number of benzene rings is 1. The maximum absolute atomic E-state index is 6.13. The van der Waals surface area contributed by atoms with Crippen LogP contribution < -0.4 is 10.2 Å². The summed E-state index contributed by atoms with van der Waals surface area (Å²) in [6.07, 6.45) is 0. The Balaban J connectivity index is 2.17. The second-order valence-corrected chi connectivity index (χ2v) is 6.41. The molecule has 0 atom stereocenters. The number of nitrogens with zero attached hydrogens (tertiary/aromatic N) is 1. The highest BCUT2D eigenvalue weighted by atomic mass is 35.5.